The van der Waals surface area contributed by atoms with Crippen molar-refractivity contribution in [2.75, 3.05) is 23.7 Å². The first-order valence-electron chi connectivity index (χ1n) is 15.3. The minimum atomic E-state index is -4.19. The van der Waals surface area contributed by atoms with Crippen LogP contribution in [-0.2, 0) is 32.6 Å². The lowest BCUT2D eigenvalue weighted by molar-refractivity contribution is -0.140. The molecule has 47 heavy (non-hydrogen) atoms. The van der Waals surface area contributed by atoms with Gasteiger partial charge in [0.25, 0.3) is 10.0 Å². The standard InChI is InChI=1S/C36H39Cl2N3O4S2/c1-4-5-21-39-36(43)34(23-27-9-7-6-8-10-27)40(24-28-13-20-32(37)33(38)22-28)35(42)25-41(29-14-11-26(2)12-15-29)47(44,45)31-18-16-30(46-3)17-19-31/h6-20,22,34H,4-5,21,23-25H2,1-3H3,(H,39,43)/t34-/m1/s1. The van der Waals surface area contributed by atoms with Crippen molar-refractivity contribution in [3.8, 4) is 0 Å². The Labute approximate surface area is 292 Å². The van der Waals surface area contributed by atoms with E-state index in [0.29, 0.717) is 27.8 Å². The molecule has 7 nitrogen and oxygen atoms in total. The maximum Gasteiger partial charge on any atom is 0.264 e. The molecule has 0 fully saturated rings. The second-order valence-corrected chi connectivity index (χ2v) is 14.7. The lowest BCUT2D eigenvalue weighted by atomic mass is 10.0. The number of unbranched alkanes of at least 4 members (excludes halogenated alkanes) is 1. The Morgan fingerprint density at radius 3 is 2.17 bits per heavy atom. The number of hydrogen-bond donors (Lipinski definition) is 1. The quantitative estimate of drug-likeness (QED) is 0.101. The van der Waals surface area contributed by atoms with E-state index >= 15 is 0 Å². The number of amides is 2. The minimum Gasteiger partial charge on any atom is -0.354 e. The summed E-state index contributed by atoms with van der Waals surface area (Å²) in [4.78, 5) is 30.8. The minimum absolute atomic E-state index is 0.00136. The summed E-state index contributed by atoms with van der Waals surface area (Å²) in [7, 11) is -4.19. The van der Waals surface area contributed by atoms with Gasteiger partial charge in [-0.15, -0.1) is 11.8 Å². The van der Waals surface area contributed by atoms with Crippen molar-refractivity contribution in [1.82, 2.24) is 10.2 Å². The summed E-state index contributed by atoms with van der Waals surface area (Å²) in [5.41, 5.74) is 2.77. The lowest BCUT2D eigenvalue weighted by Gasteiger charge is -2.34. The van der Waals surface area contributed by atoms with Crippen LogP contribution in [0.1, 0.15) is 36.5 Å². The molecule has 1 N–H and O–H groups in total. The van der Waals surface area contributed by atoms with Crippen LogP contribution in [0.3, 0.4) is 0 Å². The van der Waals surface area contributed by atoms with Crippen LogP contribution in [0.4, 0.5) is 5.69 Å². The van der Waals surface area contributed by atoms with Gasteiger partial charge in [0.2, 0.25) is 11.8 Å². The Balaban J connectivity index is 1.80. The number of hydrogen-bond acceptors (Lipinski definition) is 5. The molecule has 0 radical (unpaired) electrons. The number of carbonyl (C=O) groups excluding carboxylic acids is 2. The van der Waals surface area contributed by atoms with E-state index in [9.17, 15) is 18.0 Å². The first-order chi connectivity index (χ1) is 22.5. The summed E-state index contributed by atoms with van der Waals surface area (Å²) in [6.45, 7) is 3.84. The Morgan fingerprint density at radius 2 is 1.55 bits per heavy atom. The van der Waals surface area contributed by atoms with Crippen LogP contribution in [0.25, 0.3) is 0 Å². The molecular formula is C36H39Cl2N3O4S2. The molecule has 0 aliphatic rings. The van der Waals surface area contributed by atoms with E-state index in [4.69, 9.17) is 23.2 Å². The van der Waals surface area contributed by atoms with Gasteiger partial charge in [0.05, 0.1) is 20.6 Å². The first-order valence-corrected chi connectivity index (χ1v) is 18.7. The number of halogens is 2. The summed E-state index contributed by atoms with van der Waals surface area (Å²) in [6, 6.07) is 27.0. The number of rotatable bonds is 15. The first kappa shape index (κ1) is 36.3. The largest absolute Gasteiger partial charge is 0.354 e. The molecule has 248 valence electrons. The smallest absolute Gasteiger partial charge is 0.264 e. The van der Waals surface area contributed by atoms with Crippen LogP contribution in [0.2, 0.25) is 10.0 Å². The molecule has 0 saturated heterocycles. The molecule has 0 saturated carbocycles. The number of sulfonamides is 1. The molecule has 11 heteroatoms. The van der Waals surface area contributed by atoms with Crippen LogP contribution < -0.4 is 9.62 Å². The Hall–Kier alpha value is -3.50. The fourth-order valence-electron chi connectivity index (χ4n) is 5.01. The molecular weight excluding hydrogens is 673 g/mol. The third-order valence-corrected chi connectivity index (χ3v) is 11.0. The highest BCUT2D eigenvalue weighted by Crippen LogP contribution is 2.28. The van der Waals surface area contributed by atoms with Crippen molar-refractivity contribution in [3.63, 3.8) is 0 Å². The van der Waals surface area contributed by atoms with E-state index < -0.39 is 28.5 Å². The highest BCUT2D eigenvalue weighted by Gasteiger charge is 2.34. The van der Waals surface area contributed by atoms with Crippen molar-refractivity contribution in [3.05, 3.63) is 124 Å². The Bertz CT molecular complexity index is 1750. The Kier molecular flexibility index (Phi) is 13.2. The van der Waals surface area contributed by atoms with Gasteiger partial charge in [0.15, 0.2) is 0 Å². The monoisotopic (exact) mass is 711 g/mol. The highest BCUT2D eigenvalue weighted by atomic mass is 35.5. The molecule has 4 rings (SSSR count). The average molecular weight is 713 g/mol. The maximum atomic E-state index is 14.6. The van der Waals surface area contributed by atoms with Gasteiger partial charge < -0.3 is 10.2 Å². The lowest BCUT2D eigenvalue weighted by Crippen LogP contribution is -2.53. The molecule has 2 amide bonds. The number of nitrogens with one attached hydrogen (secondary N) is 1. The van der Waals surface area contributed by atoms with Crippen molar-refractivity contribution in [2.24, 2.45) is 0 Å². The summed E-state index contributed by atoms with van der Waals surface area (Å²) in [5.74, 6) is -0.874. The number of nitrogens with zero attached hydrogens (tertiary/aromatic N) is 2. The van der Waals surface area contributed by atoms with E-state index in [1.54, 1.807) is 66.7 Å². The number of anilines is 1. The van der Waals surface area contributed by atoms with Gasteiger partial charge >= 0.3 is 0 Å². The van der Waals surface area contributed by atoms with Crippen molar-refractivity contribution in [1.29, 1.82) is 0 Å². The van der Waals surface area contributed by atoms with Gasteiger partial charge in [-0.25, -0.2) is 8.42 Å². The Morgan fingerprint density at radius 1 is 0.872 bits per heavy atom. The zero-order valence-electron chi connectivity index (χ0n) is 26.7. The molecule has 4 aromatic carbocycles. The molecule has 0 aliphatic heterocycles. The SMILES string of the molecule is CCCCNC(=O)[C@@H](Cc1ccccc1)N(Cc1ccc(Cl)c(Cl)c1)C(=O)CN(c1ccc(C)cc1)S(=O)(=O)c1ccc(SC)cc1. The van der Waals surface area contributed by atoms with Crippen LogP contribution in [0.5, 0.6) is 0 Å². The third kappa shape index (κ3) is 9.76. The van der Waals surface area contributed by atoms with Crippen LogP contribution in [-0.4, -0.2) is 50.5 Å². The molecule has 0 unspecified atom stereocenters. The molecule has 1 atom stereocenters. The van der Waals surface area contributed by atoms with Crippen molar-refractivity contribution in [2.45, 2.75) is 55.5 Å². The average Bonchev–Trinajstić information content (AvgIpc) is 3.07. The number of benzene rings is 4. The third-order valence-electron chi connectivity index (χ3n) is 7.69. The summed E-state index contributed by atoms with van der Waals surface area (Å²) < 4.78 is 29.6. The normalized spacial score (nSPS) is 11.9. The molecule has 0 spiro atoms. The molecule has 0 heterocycles. The van der Waals surface area contributed by atoms with E-state index in [1.165, 1.54) is 16.7 Å². The zero-order valence-corrected chi connectivity index (χ0v) is 29.8. The van der Waals surface area contributed by atoms with E-state index in [1.807, 2.05) is 50.4 Å². The van der Waals surface area contributed by atoms with Gasteiger partial charge in [0, 0.05) is 24.4 Å². The van der Waals surface area contributed by atoms with Gasteiger partial charge in [-0.05, 0) is 79.3 Å². The number of thioether (sulfide) groups is 1. The summed E-state index contributed by atoms with van der Waals surface area (Å²) >= 11 is 14.1. The zero-order chi connectivity index (χ0) is 34.0. The van der Waals surface area contributed by atoms with Crippen LogP contribution in [0.15, 0.2) is 107 Å². The fourth-order valence-corrected chi connectivity index (χ4v) is 7.15. The highest BCUT2D eigenvalue weighted by molar-refractivity contribution is 7.98. The molecule has 0 aliphatic carbocycles. The van der Waals surface area contributed by atoms with Crippen molar-refractivity contribution >= 4 is 62.5 Å². The summed E-state index contributed by atoms with van der Waals surface area (Å²) in [6.07, 6.45) is 3.79. The number of carbonyl (C=O) groups is 2. The molecule has 4 aromatic rings. The van der Waals surface area contributed by atoms with E-state index in [0.717, 1.165) is 33.2 Å². The predicted octanol–water partition coefficient (Wildman–Crippen LogP) is 7.78. The molecule has 0 aromatic heterocycles. The fraction of sp³-hybridized carbons (Fsp3) is 0.278. The van der Waals surface area contributed by atoms with Crippen molar-refractivity contribution < 1.29 is 18.0 Å². The van der Waals surface area contributed by atoms with Gasteiger partial charge in [-0.1, -0.05) is 90.6 Å². The predicted molar refractivity (Wildman–Crippen MR) is 193 cm³/mol. The van der Waals surface area contributed by atoms with Gasteiger partial charge in [-0.2, -0.15) is 0 Å². The van der Waals surface area contributed by atoms with Crippen LogP contribution >= 0.6 is 35.0 Å². The topological polar surface area (TPSA) is 86.8 Å². The van der Waals surface area contributed by atoms with Crippen LogP contribution in [0, 0.1) is 6.92 Å². The van der Waals surface area contributed by atoms with Gasteiger partial charge in [-0.3, -0.25) is 13.9 Å². The second-order valence-electron chi connectivity index (χ2n) is 11.1. The van der Waals surface area contributed by atoms with Gasteiger partial charge in [0.1, 0.15) is 12.6 Å². The van der Waals surface area contributed by atoms with E-state index in [-0.39, 0.29) is 23.8 Å². The summed E-state index contributed by atoms with van der Waals surface area (Å²) in [5, 5.41) is 3.65. The second kappa shape index (κ2) is 17.1. The number of aryl methyl sites for hydroxylation is 1. The maximum absolute atomic E-state index is 14.6. The molecule has 0 bridgehead atoms. The van der Waals surface area contributed by atoms with E-state index in [2.05, 4.69) is 5.32 Å².